The molecular weight excluding hydrogens is 208 g/mol. The third-order valence-corrected chi connectivity index (χ3v) is 1.26. The van der Waals surface area contributed by atoms with Gasteiger partial charge in [0.1, 0.15) is 0 Å². The first-order valence-electron chi connectivity index (χ1n) is 3.51. The molecule has 0 bridgehead atoms. The molecule has 0 aliphatic heterocycles. The fraction of sp³-hybridized carbons (Fsp3) is 0. The van der Waals surface area contributed by atoms with E-state index in [1.165, 1.54) is 0 Å². The summed E-state index contributed by atoms with van der Waals surface area (Å²) in [5.41, 5.74) is 0.845. The van der Waals surface area contributed by atoms with Crippen molar-refractivity contribution in [1.82, 2.24) is 5.16 Å². The quantitative estimate of drug-likeness (QED) is 0.626. The third-order valence-electron chi connectivity index (χ3n) is 1.26. The Bertz CT molecular complexity index is 467. The van der Waals surface area contributed by atoms with Crippen LogP contribution in [0.4, 0.5) is 0 Å². The summed E-state index contributed by atoms with van der Waals surface area (Å²) in [6, 6.07) is 7.74. The molecule has 0 amide bonds. The second-order valence-electron chi connectivity index (χ2n) is 2.38. The van der Waals surface area contributed by atoms with E-state index >= 15 is 0 Å². The molecule has 76 valence electrons. The lowest BCUT2D eigenvalue weighted by atomic mass is 10.3. The molecule has 0 aliphatic carbocycles. The van der Waals surface area contributed by atoms with E-state index in [-0.39, 0.29) is 0 Å². The number of fused-ring (bicyclic) bond motifs is 1. The van der Waals surface area contributed by atoms with Crippen LogP contribution in [-0.4, -0.2) is 18.1 Å². The van der Waals surface area contributed by atoms with Crippen LogP contribution in [0.2, 0.25) is 0 Å². The number of aromatic nitrogens is 1. The van der Waals surface area contributed by atoms with Crippen LogP contribution in [0.5, 0.6) is 0 Å². The molecule has 3 N–H and O–H groups in total. The Kier molecular flexibility index (Phi) is 3.18. The van der Waals surface area contributed by atoms with Crippen molar-refractivity contribution >= 4 is 21.3 Å². The number of hydrogen-bond acceptors (Lipinski definition) is 4. The second-order valence-corrected chi connectivity index (χ2v) is 3.41. The molecule has 2 rings (SSSR count). The highest BCUT2D eigenvalue weighted by molar-refractivity contribution is 7.83. The molecule has 0 atom stereocenters. The topological polar surface area (TPSA) is 106 Å². The largest absolute Gasteiger partial charge is 0.356 e. The standard InChI is InChI=1S/C7H5NO.H3NO3S/c1-2-4-7-6(3-1)5-8-9-7;1-5(2,3)4/h1-5H;(H3,1,2,3,4). The lowest BCUT2D eigenvalue weighted by Crippen LogP contribution is -2.08. The summed E-state index contributed by atoms with van der Waals surface area (Å²) in [4.78, 5) is 0. The van der Waals surface area contributed by atoms with Crippen molar-refractivity contribution in [3.8, 4) is 0 Å². The zero-order valence-corrected chi connectivity index (χ0v) is 7.81. The molecule has 2 aromatic rings. The van der Waals surface area contributed by atoms with Crippen molar-refractivity contribution in [2.75, 3.05) is 0 Å². The Balaban J connectivity index is 0.000000171. The third kappa shape index (κ3) is 3.99. The van der Waals surface area contributed by atoms with Crippen LogP contribution in [0.15, 0.2) is 35.0 Å². The van der Waals surface area contributed by atoms with Crippen LogP contribution in [0.25, 0.3) is 11.0 Å². The van der Waals surface area contributed by atoms with Gasteiger partial charge in [-0.05, 0) is 12.1 Å². The van der Waals surface area contributed by atoms with Crippen molar-refractivity contribution in [2.24, 2.45) is 5.14 Å². The first-order valence-corrected chi connectivity index (χ1v) is 5.02. The van der Waals surface area contributed by atoms with Gasteiger partial charge in [0, 0.05) is 5.39 Å². The molecular formula is C7H8N2O4S. The lowest BCUT2D eigenvalue weighted by molar-refractivity contribution is 0.456. The average molecular weight is 216 g/mol. The van der Waals surface area contributed by atoms with E-state index in [0.717, 1.165) is 11.0 Å². The molecule has 7 heteroatoms. The molecule has 0 radical (unpaired) electrons. The molecule has 1 aromatic heterocycles. The highest BCUT2D eigenvalue weighted by Crippen LogP contribution is 2.10. The Morgan fingerprint density at radius 2 is 1.93 bits per heavy atom. The smallest absolute Gasteiger partial charge is 0.330 e. The van der Waals surface area contributed by atoms with E-state index in [1.54, 1.807) is 6.20 Å². The summed E-state index contributed by atoms with van der Waals surface area (Å²) >= 11 is 0. The van der Waals surface area contributed by atoms with Crippen molar-refractivity contribution < 1.29 is 17.5 Å². The highest BCUT2D eigenvalue weighted by Gasteiger charge is 1.91. The van der Waals surface area contributed by atoms with Crippen LogP contribution < -0.4 is 5.14 Å². The molecule has 0 aliphatic rings. The first kappa shape index (κ1) is 10.6. The minimum Gasteiger partial charge on any atom is -0.356 e. The summed E-state index contributed by atoms with van der Waals surface area (Å²) in [6.07, 6.45) is 1.70. The zero-order chi connectivity index (χ0) is 10.6. The molecule has 0 fully saturated rings. The minimum atomic E-state index is -4.17. The highest BCUT2D eigenvalue weighted by atomic mass is 32.2. The number of para-hydroxylation sites is 1. The molecule has 0 saturated carbocycles. The van der Waals surface area contributed by atoms with E-state index in [4.69, 9.17) is 17.5 Å². The summed E-state index contributed by atoms with van der Waals surface area (Å²) in [5, 5.41) is 8.56. The van der Waals surface area contributed by atoms with Gasteiger partial charge in [0.05, 0.1) is 6.20 Å². The van der Waals surface area contributed by atoms with Crippen molar-refractivity contribution in [3.63, 3.8) is 0 Å². The molecule has 1 heterocycles. The van der Waals surface area contributed by atoms with E-state index in [0.29, 0.717) is 0 Å². The van der Waals surface area contributed by atoms with Crippen molar-refractivity contribution in [2.45, 2.75) is 0 Å². The molecule has 1 aromatic carbocycles. The van der Waals surface area contributed by atoms with Crippen LogP contribution in [0.1, 0.15) is 0 Å². The van der Waals surface area contributed by atoms with Crippen LogP contribution >= 0.6 is 0 Å². The summed E-state index contributed by atoms with van der Waals surface area (Å²) in [5.74, 6) is 0. The van der Waals surface area contributed by atoms with E-state index in [9.17, 15) is 0 Å². The van der Waals surface area contributed by atoms with E-state index in [1.807, 2.05) is 24.3 Å². The predicted octanol–water partition coefficient (Wildman–Crippen LogP) is 0.576. The fourth-order valence-corrected chi connectivity index (χ4v) is 0.810. The Hall–Kier alpha value is -1.44. The molecule has 0 spiro atoms. The van der Waals surface area contributed by atoms with Crippen molar-refractivity contribution in [1.29, 1.82) is 0 Å². The van der Waals surface area contributed by atoms with Gasteiger partial charge >= 0.3 is 10.3 Å². The van der Waals surface area contributed by atoms with Gasteiger partial charge in [0.2, 0.25) is 0 Å². The summed E-state index contributed by atoms with van der Waals surface area (Å²) < 4.78 is 30.1. The number of nitrogens with two attached hydrogens (primary N) is 1. The minimum absolute atomic E-state index is 0.845. The first-order chi connectivity index (χ1) is 6.47. The van der Waals surface area contributed by atoms with Crippen LogP contribution in [0, 0.1) is 0 Å². The Labute approximate surface area is 80.2 Å². The second kappa shape index (κ2) is 4.18. The maximum atomic E-state index is 8.97. The van der Waals surface area contributed by atoms with Gasteiger partial charge in [-0.15, -0.1) is 0 Å². The number of nitrogens with zero attached hydrogens (tertiary/aromatic N) is 1. The molecule has 0 unspecified atom stereocenters. The number of hydrogen-bond donors (Lipinski definition) is 2. The molecule has 6 nitrogen and oxygen atoms in total. The monoisotopic (exact) mass is 216 g/mol. The van der Waals surface area contributed by atoms with E-state index < -0.39 is 10.3 Å². The van der Waals surface area contributed by atoms with Crippen LogP contribution in [0.3, 0.4) is 0 Å². The zero-order valence-electron chi connectivity index (χ0n) is 6.99. The SMILES string of the molecule is NS(=O)(=O)O.c1ccc2oncc2c1. The Morgan fingerprint density at radius 3 is 2.50 bits per heavy atom. The fourth-order valence-electron chi connectivity index (χ4n) is 0.810. The number of rotatable bonds is 0. The average Bonchev–Trinajstić information content (AvgIpc) is 2.47. The van der Waals surface area contributed by atoms with Gasteiger partial charge < -0.3 is 4.52 Å². The normalized spacial score (nSPS) is 10.7. The molecule has 0 saturated heterocycles. The van der Waals surface area contributed by atoms with E-state index in [2.05, 4.69) is 10.3 Å². The van der Waals surface area contributed by atoms with Gasteiger partial charge in [0.25, 0.3) is 0 Å². The van der Waals surface area contributed by atoms with Crippen LogP contribution in [-0.2, 0) is 10.3 Å². The van der Waals surface area contributed by atoms with Crippen molar-refractivity contribution in [3.05, 3.63) is 30.5 Å². The molecule has 14 heavy (non-hydrogen) atoms. The van der Waals surface area contributed by atoms with Gasteiger partial charge in [0.15, 0.2) is 5.58 Å². The summed E-state index contributed by atoms with van der Waals surface area (Å²) in [7, 11) is -4.17. The maximum Gasteiger partial charge on any atom is 0.330 e. The lowest BCUT2D eigenvalue weighted by Gasteiger charge is -1.78. The van der Waals surface area contributed by atoms with Gasteiger partial charge in [-0.3, -0.25) is 4.55 Å². The number of benzene rings is 1. The van der Waals surface area contributed by atoms with Gasteiger partial charge in [-0.2, -0.15) is 8.42 Å². The predicted molar refractivity (Wildman–Crippen MR) is 49.7 cm³/mol. The maximum absolute atomic E-state index is 8.97. The van der Waals surface area contributed by atoms with Gasteiger partial charge in [-0.25, -0.2) is 5.14 Å². The summed E-state index contributed by atoms with van der Waals surface area (Å²) in [6.45, 7) is 0. The Morgan fingerprint density at radius 1 is 1.36 bits per heavy atom. The van der Waals surface area contributed by atoms with Gasteiger partial charge in [-0.1, -0.05) is 17.3 Å².